The van der Waals surface area contributed by atoms with Crippen LogP contribution in [0.2, 0.25) is 5.15 Å². The summed E-state index contributed by atoms with van der Waals surface area (Å²) in [6, 6.07) is 0. The number of halogens is 1. The Labute approximate surface area is 95.6 Å². The Hall–Kier alpha value is -0.540. The van der Waals surface area contributed by atoms with Crippen LogP contribution in [0, 0.1) is 0 Å². The molecule has 1 fully saturated rings. The highest BCUT2D eigenvalue weighted by Crippen LogP contribution is 2.42. The van der Waals surface area contributed by atoms with Crippen molar-refractivity contribution in [3.63, 3.8) is 0 Å². The van der Waals surface area contributed by atoms with E-state index in [-0.39, 0.29) is 5.41 Å². The van der Waals surface area contributed by atoms with Gasteiger partial charge in [-0.05, 0) is 19.8 Å². The van der Waals surface area contributed by atoms with Crippen LogP contribution < -0.4 is 5.73 Å². The summed E-state index contributed by atoms with van der Waals surface area (Å²) in [5, 5.41) is 0.643. The molecule has 0 amide bonds. The normalized spacial score (nSPS) is 19.7. The summed E-state index contributed by atoms with van der Waals surface area (Å²) in [4.78, 5) is 4.20. The molecule has 0 unspecified atom stereocenters. The zero-order valence-corrected chi connectivity index (χ0v) is 9.93. The molecular weight excluding hydrogens is 210 g/mol. The number of hydrogen-bond donors (Lipinski definition) is 1. The van der Waals surface area contributed by atoms with Crippen LogP contribution in [0.25, 0.3) is 0 Å². The van der Waals surface area contributed by atoms with Gasteiger partial charge in [-0.1, -0.05) is 24.4 Å². The first kappa shape index (κ1) is 11.0. The fraction of sp³-hybridized carbons (Fsp3) is 0.727. The average Bonchev–Trinajstić information content (AvgIpc) is 2.84. The molecular formula is C11H18ClN3. The third-order valence-electron chi connectivity index (χ3n) is 3.59. The number of aromatic nitrogens is 2. The van der Waals surface area contributed by atoms with Crippen molar-refractivity contribution in [3.8, 4) is 0 Å². The van der Waals surface area contributed by atoms with Gasteiger partial charge in [0.15, 0.2) is 5.15 Å². The zero-order valence-electron chi connectivity index (χ0n) is 9.17. The second-order valence-corrected chi connectivity index (χ2v) is 4.72. The van der Waals surface area contributed by atoms with Crippen molar-refractivity contribution < 1.29 is 0 Å². The van der Waals surface area contributed by atoms with Gasteiger partial charge in [-0.2, -0.15) is 0 Å². The van der Waals surface area contributed by atoms with E-state index in [1.165, 1.54) is 12.8 Å². The fourth-order valence-corrected chi connectivity index (χ4v) is 3.06. The molecule has 84 valence electrons. The minimum Gasteiger partial charge on any atom is -0.333 e. The molecule has 0 aliphatic heterocycles. The van der Waals surface area contributed by atoms with Gasteiger partial charge in [-0.25, -0.2) is 4.98 Å². The largest absolute Gasteiger partial charge is 0.333 e. The van der Waals surface area contributed by atoms with Crippen LogP contribution in [-0.4, -0.2) is 16.1 Å². The molecule has 1 heterocycles. The lowest BCUT2D eigenvalue weighted by molar-refractivity contribution is 0.419. The molecule has 1 aromatic heterocycles. The molecule has 1 saturated carbocycles. The number of aryl methyl sites for hydroxylation is 1. The highest BCUT2D eigenvalue weighted by Gasteiger charge is 2.38. The highest BCUT2D eigenvalue weighted by atomic mass is 35.5. The van der Waals surface area contributed by atoms with Gasteiger partial charge in [0.05, 0.1) is 12.0 Å². The first-order valence-corrected chi connectivity index (χ1v) is 6.02. The first-order valence-electron chi connectivity index (χ1n) is 5.64. The van der Waals surface area contributed by atoms with Crippen molar-refractivity contribution >= 4 is 11.6 Å². The summed E-state index contributed by atoms with van der Waals surface area (Å²) in [5.41, 5.74) is 7.20. The van der Waals surface area contributed by atoms with E-state index in [2.05, 4.69) is 16.5 Å². The number of rotatable bonds is 3. The van der Waals surface area contributed by atoms with Crippen LogP contribution in [0.5, 0.6) is 0 Å². The highest BCUT2D eigenvalue weighted by molar-refractivity contribution is 6.30. The first-order chi connectivity index (χ1) is 7.23. The van der Waals surface area contributed by atoms with E-state index in [1.54, 1.807) is 0 Å². The molecule has 0 atom stereocenters. The second-order valence-electron chi connectivity index (χ2n) is 4.36. The van der Waals surface area contributed by atoms with Crippen molar-refractivity contribution in [1.29, 1.82) is 0 Å². The van der Waals surface area contributed by atoms with Crippen LogP contribution in [0.4, 0.5) is 0 Å². The summed E-state index contributed by atoms with van der Waals surface area (Å²) < 4.78 is 2.14. The maximum absolute atomic E-state index is 6.18. The molecule has 0 bridgehead atoms. The second kappa shape index (κ2) is 4.14. The number of imidazole rings is 1. The van der Waals surface area contributed by atoms with E-state index in [4.69, 9.17) is 17.3 Å². The summed E-state index contributed by atoms with van der Waals surface area (Å²) in [5.74, 6) is 0. The Morgan fingerprint density at radius 2 is 2.20 bits per heavy atom. The van der Waals surface area contributed by atoms with Crippen molar-refractivity contribution in [1.82, 2.24) is 9.55 Å². The van der Waals surface area contributed by atoms with E-state index in [0.717, 1.165) is 25.1 Å². The van der Waals surface area contributed by atoms with Crippen LogP contribution >= 0.6 is 11.6 Å². The smallest absolute Gasteiger partial charge is 0.150 e. The molecule has 0 aromatic carbocycles. The van der Waals surface area contributed by atoms with E-state index >= 15 is 0 Å². The molecule has 15 heavy (non-hydrogen) atoms. The number of hydrogen-bond acceptors (Lipinski definition) is 2. The standard InChI is InChI=1S/C11H18ClN3/c1-2-15-8-14-10(12)9(15)11(7-13)5-3-4-6-11/h8H,2-7,13H2,1H3. The monoisotopic (exact) mass is 227 g/mol. The van der Waals surface area contributed by atoms with E-state index < -0.39 is 0 Å². The molecule has 2 rings (SSSR count). The average molecular weight is 228 g/mol. The predicted molar refractivity (Wildman–Crippen MR) is 62.1 cm³/mol. The van der Waals surface area contributed by atoms with Gasteiger partial charge in [0.1, 0.15) is 0 Å². The third kappa shape index (κ3) is 1.68. The third-order valence-corrected chi connectivity index (χ3v) is 3.86. The maximum atomic E-state index is 6.18. The van der Waals surface area contributed by atoms with E-state index in [0.29, 0.717) is 11.7 Å². The lowest BCUT2D eigenvalue weighted by atomic mass is 9.83. The van der Waals surface area contributed by atoms with Gasteiger partial charge >= 0.3 is 0 Å². The quantitative estimate of drug-likeness (QED) is 0.862. The van der Waals surface area contributed by atoms with E-state index in [9.17, 15) is 0 Å². The Kier molecular flexibility index (Phi) is 3.03. The Morgan fingerprint density at radius 3 is 2.73 bits per heavy atom. The topological polar surface area (TPSA) is 43.8 Å². The van der Waals surface area contributed by atoms with Crippen molar-refractivity contribution in [2.45, 2.75) is 44.6 Å². The van der Waals surface area contributed by atoms with Gasteiger partial charge < -0.3 is 10.3 Å². The predicted octanol–water partition coefficient (Wildman–Crippen LogP) is 2.33. The fourth-order valence-electron chi connectivity index (χ4n) is 2.71. The number of nitrogens with zero attached hydrogens (tertiary/aromatic N) is 2. The van der Waals surface area contributed by atoms with Gasteiger partial charge in [-0.15, -0.1) is 0 Å². The molecule has 1 aliphatic rings. The van der Waals surface area contributed by atoms with Crippen LogP contribution in [0.15, 0.2) is 6.33 Å². The molecule has 1 aliphatic carbocycles. The molecule has 0 saturated heterocycles. The number of nitrogens with two attached hydrogens (primary N) is 1. The summed E-state index contributed by atoms with van der Waals surface area (Å²) in [6.07, 6.45) is 6.63. The van der Waals surface area contributed by atoms with Gasteiger partial charge in [-0.3, -0.25) is 0 Å². The minimum atomic E-state index is 0.0869. The lowest BCUT2D eigenvalue weighted by Gasteiger charge is -2.28. The molecule has 3 nitrogen and oxygen atoms in total. The molecule has 0 radical (unpaired) electrons. The van der Waals surface area contributed by atoms with Crippen LogP contribution in [0.1, 0.15) is 38.3 Å². The molecule has 4 heteroatoms. The molecule has 0 spiro atoms. The van der Waals surface area contributed by atoms with E-state index in [1.807, 2.05) is 6.33 Å². The zero-order chi connectivity index (χ0) is 10.9. The minimum absolute atomic E-state index is 0.0869. The Balaban J connectivity index is 2.45. The Morgan fingerprint density at radius 1 is 1.53 bits per heavy atom. The summed E-state index contributed by atoms with van der Waals surface area (Å²) in [7, 11) is 0. The molecule has 1 aromatic rings. The lowest BCUT2D eigenvalue weighted by Crippen LogP contribution is -2.34. The van der Waals surface area contributed by atoms with Gasteiger partial charge in [0.25, 0.3) is 0 Å². The van der Waals surface area contributed by atoms with Crippen molar-refractivity contribution in [2.24, 2.45) is 5.73 Å². The van der Waals surface area contributed by atoms with Crippen LogP contribution in [-0.2, 0) is 12.0 Å². The van der Waals surface area contributed by atoms with Gasteiger partial charge in [0.2, 0.25) is 0 Å². The summed E-state index contributed by atoms with van der Waals surface area (Å²) >= 11 is 6.18. The van der Waals surface area contributed by atoms with Crippen LogP contribution in [0.3, 0.4) is 0 Å². The maximum Gasteiger partial charge on any atom is 0.150 e. The van der Waals surface area contributed by atoms with Gasteiger partial charge in [0, 0.05) is 18.5 Å². The van der Waals surface area contributed by atoms with Crippen molar-refractivity contribution in [2.75, 3.05) is 6.54 Å². The Bertz CT molecular complexity index is 340. The molecule has 2 N–H and O–H groups in total. The van der Waals surface area contributed by atoms with Crippen molar-refractivity contribution in [3.05, 3.63) is 17.2 Å². The summed E-state index contributed by atoms with van der Waals surface area (Å²) in [6.45, 7) is 3.70. The SMILES string of the molecule is CCn1cnc(Cl)c1C1(CN)CCCC1.